The number of anilines is 3. The third-order valence-electron chi connectivity index (χ3n) is 4.22. The number of hydrogen-bond acceptors (Lipinski definition) is 6. The summed E-state index contributed by atoms with van der Waals surface area (Å²) in [5, 5.41) is 6.92. The SMILES string of the molecule is CCOc1ccc(Nc2ncc(C(=O)Nc3cccc4cccnc34)cn2)cc1. The van der Waals surface area contributed by atoms with Crippen molar-refractivity contribution >= 4 is 34.1 Å². The van der Waals surface area contributed by atoms with Gasteiger partial charge in [0.15, 0.2) is 0 Å². The van der Waals surface area contributed by atoms with E-state index in [-0.39, 0.29) is 5.91 Å². The second-order valence-corrected chi connectivity index (χ2v) is 6.21. The fourth-order valence-electron chi connectivity index (χ4n) is 2.84. The standard InChI is InChI=1S/C22H19N5O2/c1-2-29-18-10-8-17(9-11-18)26-22-24-13-16(14-25-22)21(28)27-19-7-3-5-15-6-4-12-23-20(15)19/h3-14H,2H2,1H3,(H,27,28)(H,24,25,26). The highest BCUT2D eigenvalue weighted by Crippen LogP contribution is 2.21. The molecule has 144 valence electrons. The lowest BCUT2D eigenvalue weighted by atomic mass is 10.2. The van der Waals surface area contributed by atoms with E-state index < -0.39 is 0 Å². The van der Waals surface area contributed by atoms with E-state index in [4.69, 9.17) is 4.74 Å². The molecule has 2 N–H and O–H groups in total. The second kappa shape index (κ2) is 8.35. The van der Waals surface area contributed by atoms with Crippen LogP contribution in [0.15, 0.2) is 73.2 Å². The van der Waals surface area contributed by atoms with Gasteiger partial charge >= 0.3 is 0 Å². The first-order chi connectivity index (χ1) is 14.2. The number of benzene rings is 2. The lowest BCUT2D eigenvalue weighted by molar-refractivity contribution is 0.102. The summed E-state index contributed by atoms with van der Waals surface area (Å²) >= 11 is 0. The number of rotatable bonds is 6. The molecule has 0 spiro atoms. The van der Waals surface area contributed by atoms with E-state index in [9.17, 15) is 4.79 Å². The molecule has 4 rings (SSSR count). The Hall–Kier alpha value is -4.00. The maximum atomic E-state index is 12.6. The summed E-state index contributed by atoms with van der Waals surface area (Å²) in [4.78, 5) is 25.4. The molecule has 7 heteroatoms. The van der Waals surface area contributed by atoms with Gasteiger partial charge in [-0.25, -0.2) is 9.97 Å². The number of ether oxygens (including phenoxy) is 1. The fourth-order valence-corrected chi connectivity index (χ4v) is 2.84. The van der Waals surface area contributed by atoms with Gasteiger partial charge in [-0.05, 0) is 43.3 Å². The van der Waals surface area contributed by atoms with Crippen LogP contribution in [0.25, 0.3) is 10.9 Å². The van der Waals surface area contributed by atoms with E-state index in [2.05, 4.69) is 25.6 Å². The van der Waals surface area contributed by atoms with Crippen molar-refractivity contribution in [3.05, 3.63) is 78.8 Å². The molecule has 29 heavy (non-hydrogen) atoms. The lowest BCUT2D eigenvalue weighted by Crippen LogP contribution is -2.13. The van der Waals surface area contributed by atoms with Crippen LogP contribution >= 0.6 is 0 Å². The fraction of sp³-hybridized carbons (Fsp3) is 0.0909. The smallest absolute Gasteiger partial charge is 0.258 e. The van der Waals surface area contributed by atoms with E-state index in [1.165, 1.54) is 12.4 Å². The van der Waals surface area contributed by atoms with Crippen molar-refractivity contribution in [3.63, 3.8) is 0 Å². The number of hydrogen-bond donors (Lipinski definition) is 2. The second-order valence-electron chi connectivity index (χ2n) is 6.21. The van der Waals surface area contributed by atoms with Crippen LogP contribution < -0.4 is 15.4 Å². The van der Waals surface area contributed by atoms with Crippen molar-refractivity contribution in [2.45, 2.75) is 6.92 Å². The maximum Gasteiger partial charge on any atom is 0.258 e. The number of fused-ring (bicyclic) bond motifs is 1. The molecular formula is C22H19N5O2. The summed E-state index contributed by atoms with van der Waals surface area (Å²) in [7, 11) is 0. The van der Waals surface area contributed by atoms with Gasteiger partial charge in [-0.15, -0.1) is 0 Å². The van der Waals surface area contributed by atoms with Crippen molar-refractivity contribution in [1.82, 2.24) is 15.0 Å². The highest BCUT2D eigenvalue weighted by Gasteiger charge is 2.10. The van der Waals surface area contributed by atoms with Gasteiger partial charge in [-0.1, -0.05) is 18.2 Å². The Bertz CT molecular complexity index is 1120. The molecule has 0 aliphatic rings. The zero-order valence-electron chi connectivity index (χ0n) is 15.8. The van der Waals surface area contributed by atoms with E-state index in [1.807, 2.05) is 61.5 Å². The molecule has 0 bridgehead atoms. The number of nitrogens with one attached hydrogen (secondary N) is 2. The molecule has 1 amide bonds. The summed E-state index contributed by atoms with van der Waals surface area (Å²) in [6.07, 6.45) is 4.66. The number of amides is 1. The number of nitrogens with zero attached hydrogens (tertiary/aromatic N) is 3. The van der Waals surface area contributed by atoms with Gasteiger partial charge in [-0.3, -0.25) is 9.78 Å². The molecule has 7 nitrogen and oxygen atoms in total. The van der Waals surface area contributed by atoms with Gasteiger partial charge in [0.1, 0.15) is 5.75 Å². The van der Waals surface area contributed by atoms with Gasteiger partial charge in [0.05, 0.1) is 23.4 Å². The molecular weight excluding hydrogens is 366 g/mol. The largest absolute Gasteiger partial charge is 0.494 e. The summed E-state index contributed by atoms with van der Waals surface area (Å²) in [6.45, 7) is 2.56. The molecule has 2 aromatic heterocycles. The molecule has 2 heterocycles. The monoisotopic (exact) mass is 385 g/mol. The summed E-state index contributed by atoms with van der Waals surface area (Å²) in [5.74, 6) is 0.905. The number of carbonyl (C=O) groups excluding carboxylic acids is 1. The minimum Gasteiger partial charge on any atom is -0.494 e. The van der Waals surface area contributed by atoms with Crippen LogP contribution in [0.3, 0.4) is 0 Å². The third kappa shape index (κ3) is 4.30. The Balaban J connectivity index is 1.45. The predicted octanol–water partition coefficient (Wildman–Crippen LogP) is 4.42. The molecule has 0 radical (unpaired) electrons. The van der Waals surface area contributed by atoms with Gasteiger partial charge < -0.3 is 15.4 Å². The summed E-state index contributed by atoms with van der Waals surface area (Å²) in [6, 6.07) is 16.9. The number of carbonyl (C=O) groups is 1. The highest BCUT2D eigenvalue weighted by atomic mass is 16.5. The van der Waals surface area contributed by atoms with Crippen LogP contribution in [0, 0.1) is 0 Å². The average Bonchev–Trinajstić information content (AvgIpc) is 2.76. The first-order valence-corrected chi connectivity index (χ1v) is 9.20. The molecule has 0 aliphatic carbocycles. The normalized spacial score (nSPS) is 10.5. The Morgan fingerprint density at radius 2 is 1.72 bits per heavy atom. The lowest BCUT2D eigenvalue weighted by Gasteiger charge is -2.09. The summed E-state index contributed by atoms with van der Waals surface area (Å²) < 4.78 is 5.42. The third-order valence-corrected chi connectivity index (χ3v) is 4.22. The van der Waals surface area contributed by atoms with Crippen LogP contribution in [-0.4, -0.2) is 27.5 Å². The van der Waals surface area contributed by atoms with Crippen LogP contribution in [0.5, 0.6) is 5.75 Å². The minimum atomic E-state index is -0.296. The predicted molar refractivity (Wildman–Crippen MR) is 113 cm³/mol. The van der Waals surface area contributed by atoms with Crippen LogP contribution in [0.1, 0.15) is 17.3 Å². The maximum absolute atomic E-state index is 12.6. The highest BCUT2D eigenvalue weighted by molar-refractivity contribution is 6.08. The molecule has 4 aromatic rings. The van der Waals surface area contributed by atoms with Crippen molar-refractivity contribution < 1.29 is 9.53 Å². The topological polar surface area (TPSA) is 89.0 Å². The van der Waals surface area contributed by atoms with E-state index in [0.29, 0.717) is 23.8 Å². The molecule has 0 saturated carbocycles. The van der Waals surface area contributed by atoms with Crippen molar-refractivity contribution in [1.29, 1.82) is 0 Å². The number of aromatic nitrogens is 3. The van der Waals surface area contributed by atoms with Crippen LogP contribution in [-0.2, 0) is 0 Å². The quantitative estimate of drug-likeness (QED) is 0.511. The van der Waals surface area contributed by atoms with E-state index in [1.54, 1.807) is 6.20 Å². The van der Waals surface area contributed by atoms with Gasteiger partial charge in [0.25, 0.3) is 5.91 Å². The molecule has 0 aliphatic heterocycles. The Labute approximate surface area is 167 Å². The van der Waals surface area contributed by atoms with Crippen molar-refractivity contribution in [2.75, 3.05) is 17.2 Å². The van der Waals surface area contributed by atoms with E-state index >= 15 is 0 Å². The average molecular weight is 385 g/mol. The molecule has 2 aromatic carbocycles. The first kappa shape index (κ1) is 18.4. The van der Waals surface area contributed by atoms with Crippen molar-refractivity contribution in [2.24, 2.45) is 0 Å². The van der Waals surface area contributed by atoms with Gasteiger partial charge in [0, 0.05) is 29.7 Å². The first-order valence-electron chi connectivity index (χ1n) is 9.20. The van der Waals surface area contributed by atoms with Gasteiger partial charge in [-0.2, -0.15) is 0 Å². The van der Waals surface area contributed by atoms with Crippen molar-refractivity contribution in [3.8, 4) is 5.75 Å². The zero-order valence-corrected chi connectivity index (χ0v) is 15.8. The summed E-state index contributed by atoms with van der Waals surface area (Å²) in [5.41, 5.74) is 2.56. The van der Waals surface area contributed by atoms with Gasteiger partial charge in [0.2, 0.25) is 5.95 Å². The Morgan fingerprint density at radius 1 is 0.966 bits per heavy atom. The Kier molecular flexibility index (Phi) is 5.29. The zero-order chi connectivity index (χ0) is 20.1. The van der Waals surface area contributed by atoms with Crippen LogP contribution in [0.4, 0.5) is 17.3 Å². The Morgan fingerprint density at radius 3 is 2.48 bits per heavy atom. The molecule has 0 atom stereocenters. The molecule has 0 unspecified atom stereocenters. The molecule has 0 fully saturated rings. The minimum absolute atomic E-state index is 0.296. The van der Waals surface area contributed by atoms with Crippen LogP contribution in [0.2, 0.25) is 0 Å². The number of pyridine rings is 1. The van der Waals surface area contributed by atoms with E-state index in [0.717, 1.165) is 22.3 Å². The number of para-hydroxylation sites is 1. The molecule has 0 saturated heterocycles.